The van der Waals surface area contributed by atoms with Crippen molar-refractivity contribution in [3.05, 3.63) is 29.3 Å². The second-order valence-corrected chi connectivity index (χ2v) is 3.85. The van der Waals surface area contributed by atoms with Crippen LogP contribution in [0.5, 0.6) is 0 Å². The lowest BCUT2D eigenvalue weighted by Gasteiger charge is -2.17. The number of anilines is 1. The number of aliphatic hydroxyl groups excluding tert-OH is 1. The van der Waals surface area contributed by atoms with Crippen LogP contribution >= 0.6 is 0 Å². The number of rotatable bonds is 2. The third-order valence-electron chi connectivity index (χ3n) is 2.99. The van der Waals surface area contributed by atoms with Crippen LogP contribution in [0, 0.1) is 0 Å². The lowest BCUT2D eigenvalue weighted by atomic mass is 10.0. The average Bonchev–Trinajstić information content (AvgIpc) is 2.59. The second kappa shape index (κ2) is 3.62. The molecule has 0 bridgehead atoms. The molecule has 1 unspecified atom stereocenters. The van der Waals surface area contributed by atoms with E-state index in [1.165, 1.54) is 11.3 Å². The zero-order valence-electron chi connectivity index (χ0n) is 8.83. The molecule has 0 saturated carbocycles. The van der Waals surface area contributed by atoms with Crippen molar-refractivity contribution < 1.29 is 5.11 Å². The van der Waals surface area contributed by atoms with E-state index >= 15 is 0 Å². The third-order valence-corrected chi connectivity index (χ3v) is 2.99. The molecule has 0 aliphatic carbocycles. The summed E-state index contributed by atoms with van der Waals surface area (Å²) in [6.45, 7) is 6.15. The zero-order valence-corrected chi connectivity index (χ0v) is 8.83. The largest absolute Gasteiger partial charge is 0.389 e. The summed E-state index contributed by atoms with van der Waals surface area (Å²) in [7, 11) is 0. The van der Waals surface area contributed by atoms with Crippen LogP contribution in [0.3, 0.4) is 0 Å². The normalized spacial score (nSPS) is 16.9. The van der Waals surface area contributed by atoms with E-state index in [1.54, 1.807) is 0 Å². The van der Waals surface area contributed by atoms with Crippen molar-refractivity contribution in [1.82, 2.24) is 0 Å². The quantitative estimate of drug-likeness (QED) is 0.774. The Morgan fingerprint density at radius 2 is 2.29 bits per heavy atom. The van der Waals surface area contributed by atoms with Gasteiger partial charge in [0.25, 0.3) is 0 Å². The summed E-state index contributed by atoms with van der Waals surface area (Å²) in [4.78, 5) is 2.36. The molecule has 0 spiro atoms. The number of nitrogens with zero attached hydrogens (tertiary/aromatic N) is 1. The van der Waals surface area contributed by atoms with Crippen molar-refractivity contribution >= 4 is 5.69 Å². The van der Waals surface area contributed by atoms with Gasteiger partial charge >= 0.3 is 0 Å². The van der Waals surface area contributed by atoms with E-state index in [0.717, 1.165) is 25.1 Å². The molecule has 1 heterocycles. The maximum absolute atomic E-state index is 9.63. The second-order valence-electron chi connectivity index (χ2n) is 3.85. The molecule has 2 rings (SSSR count). The van der Waals surface area contributed by atoms with E-state index in [-0.39, 0.29) is 6.10 Å². The topological polar surface area (TPSA) is 23.5 Å². The Labute approximate surface area is 85.2 Å². The highest BCUT2D eigenvalue weighted by molar-refractivity contribution is 5.61. The van der Waals surface area contributed by atoms with Gasteiger partial charge in [-0.05, 0) is 37.5 Å². The Balaban J connectivity index is 2.44. The van der Waals surface area contributed by atoms with Gasteiger partial charge < -0.3 is 10.0 Å². The summed E-state index contributed by atoms with van der Waals surface area (Å²) in [6.07, 6.45) is 0.728. The predicted molar refractivity (Wildman–Crippen MR) is 58.7 cm³/mol. The fourth-order valence-corrected chi connectivity index (χ4v) is 2.25. The van der Waals surface area contributed by atoms with Crippen molar-refractivity contribution in [3.8, 4) is 0 Å². The van der Waals surface area contributed by atoms with Gasteiger partial charge in [0.05, 0.1) is 6.10 Å². The van der Waals surface area contributed by atoms with E-state index in [1.807, 2.05) is 19.1 Å². The van der Waals surface area contributed by atoms with Crippen LogP contribution in [0.2, 0.25) is 0 Å². The Morgan fingerprint density at radius 1 is 1.50 bits per heavy atom. The Kier molecular flexibility index (Phi) is 2.46. The first-order chi connectivity index (χ1) is 6.74. The molecule has 1 atom stereocenters. The Bertz CT molecular complexity index is 333. The van der Waals surface area contributed by atoms with Crippen LogP contribution < -0.4 is 4.90 Å². The van der Waals surface area contributed by atoms with Gasteiger partial charge in [0.1, 0.15) is 0 Å². The van der Waals surface area contributed by atoms with E-state index in [2.05, 4.69) is 17.9 Å². The van der Waals surface area contributed by atoms with Gasteiger partial charge in [-0.25, -0.2) is 0 Å². The van der Waals surface area contributed by atoms with E-state index in [4.69, 9.17) is 0 Å². The van der Waals surface area contributed by atoms with E-state index < -0.39 is 0 Å². The van der Waals surface area contributed by atoms with Crippen molar-refractivity contribution in [2.24, 2.45) is 0 Å². The van der Waals surface area contributed by atoms with Gasteiger partial charge in [0.2, 0.25) is 0 Å². The van der Waals surface area contributed by atoms with Crippen molar-refractivity contribution in [2.45, 2.75) is 26.4 Å². The SMILES string of the molecule is CCN1CCc2c(C(C)O)cccc21. The Morgan fingerprint density at radius 3 is 2.93 bits per heavy atom. The molecule has 1 aromatic rings. The van der Waals surface area contributed by atoms with Gasteiger partial charge in [-0.3, -0.25) is 0 Å². The fourth-order valence-electron chi connectivity index (χ4n) is 2.25. The van der Waals surface area contributed by atoms with Gasteiger partial charge in [-0.15, -0.1) is 0 Å². The van der Waals surface area contributed by atoms with Crippen LogP contribution in [-0.2, 0) is 6.42 Å². The molecular formula is C12H17NO. The first-order valence-electron chi connectivity index (χ1n) is 5.28. The molecule has 0 saturated heterocycles. The molecule has 0 radical (unpaired) electrons. The van der Waals surface area contributed by atoms with E-state index in [9.17, 15) is 5.11 Å². The molecule has 0 fully saturated rings. The highest BCUT2D eigenvalue weighted by atomic mass is 16.3. The lowest BCUT2D eigenvalue weighted by Crippen LogP contribution is -2.18. The summed E-state index contributed by atoms with van der Waals surface area (Å²) in [5.74, 6) is 0. The number of hydrogen-bond donors (Lipinski definition) is 1. The summed E-state index contributed by atoms with van der Waals surface area (Å²) < 4.78 is 0. The standard InChI is InChI=1S/C12H17NO/c1-3-13-8-7-11-10(9(2)14)5-4-6-12(11)13/h4-6,9,14H,3,7-8H2,1-2H3. The van der Waals surface area contributed by atoms with Gasteiger partial charge in [0.15, 0.2) is 0 Å². The maximum Gasteiger partial charge on any atom is 0.0765 e. The van der Waals surface area contributed by atoms with Crippen LogP contribution in [0.4, 0.5) is 5.69 Å². The Hall–Kier alpha value is -1.02. The molecule has 76 valence electrons. The minimum Gasteiger partial charge on any atom is -0.389 e. The first kappa shape index (κ1) is 9.53. The van der Waals surface area contributed by atoms with Crippen LogP contribution in [0.15, 0.2) is 18.2 Å². The van der Waals surface area contributed by atoms with E-state index in [0.29, 0.717) is 0 Å². The highest BCUT2D eigenvalue weighted by Gasteiger charge is 2.21. The van der Waals surface area contributed by atoms with Crippen LogP contribution in [0.25, 0.3) is 0 Å². The minimum atomic E-state index is -0.346. The predicted octanol–water partition coefficient (Wildman–Crippen LogP) is 2.12. The van der Waals surface area contributed by atoms with Crippen molar-refractivity contribution in [2.75, 3.05) is 18.0 Å². The van der Waals surface area contributed by atoms with Crippen molar-refractivity contribution in [1.29, 1.82) is 0 Å². The monoisotopic (exact) mass is 191 g/mol. The van der Waals surface area contributed by atoms with Gasteiger partial charge in [-0.1, -0.05) is 12.1 Å². The van der Waals surface area contributed by atoms with Gasteiger partial charge in [-0.2, -0.15) is 0 Å². The first-order valence-corrected chi connectivity index (χ1v) is 5.28. The summed E-state index contributed by atoms with van der Waals surface area (Å²) in [6, 6.07) is 6.22. The zero-order chi connectivity index (χ0) is 10.1. The molecule has 0 aromatic heterocycles. The van der Waals surface area contributed by atoms with Gasteiger partial charge in [0, 0.05) is 18.8 Å². The molecule has 2 nitrogen and oxygen atoms in total. The molecule has 1 aliphatic rings. The molecule has 14 heavy (non-hydrogen) atoms. The third kappa shape index (κ3) is 1.40. The molecule has 1 aliphatic heterocycles. The summed E-state index contributed by atoms with van der Waals surface area (Å²) >= 11 is 0. The smallest absolute Gasteiger partial charge is 0.0765 e. The number of fused-ring (bicyclic) bond motifs is 1. The summed E-state index contributed by atoms with van der Waals surface area (Å²) in [5, 5.41) is 9.63. The molecule has 0 amide bonds. The molecule has 1 N–H and O–H groups in total. The maximum atomic E-state index is 9.63. The lowest BCUT2D eigenvalue weighted by molar-refractivity contribution is 0.198. The number of aliphatic hydroxyl groups is 1. The van der Waals surface area contributed by atoms with Crippen molar-refractivity contribution in [3.63, 3.8) is 0 Å². The molecular weight excluding hydrogens is 174 g/mol. The summed E-state index contributed by atoms with van der Waals surface area (Å²) in [5.41, 5.74) is 3.74. The molecule has 1 aromatic carbocycles. The molecule has 2 heteroatoms. The minimum absolute atomic E-state index is 0.346. The van der Waals surface area contributed by atoms with Crippen LogP contribution in [0.1, 0.15) is 31.1 Å². The highest BCUT2D eigenvalue weighted by Crippen LogP contribution is 2.32. The number of benzene rings is 1. The number of likely N-dealkylation sites (N-methyl/N-ethyl adjacent to an activating group) is 1. The average molecular weight is 191 g/mol. The van der Waals surface area contributed by atoms with Crippen LogP contribution in [-0.4, -0.2) is 18.2 Å². The fraction of sp³-hybridized carbons (Fsp3) is 0.500. The number of hydrogen-bond acceptors (Lipinski definition) is 2.